The Morgan fingerprint density at radius 1 is 1.33 bits per heavy atom. The van der Waals surface area contributed by atoms with Crippen molar-refractivity contribution in [1.82, 2.24) is 0 Å². The molecule has 0 bridgehead atoms. The minimum absolute atomic E-state index is 0.00325. The van der Waals surface area contributed by atoms with Crippen LogP contribution in [0.5, 0.6) is 5.75 Å². The monoisotopic (exact) mass is 249 g/mol. The van der Waals surface area contributed by atoms with Crippen molar-refractivity contribution in [1.29, 1.82) is 0 Å². The fraction of sp³-hybridized carbons (Fsp3) is 0.533. The predicted octanol–water partition coefficient (Wildman–Crippen LogP) is 3.71. The smallest absolute Gasteiger partial charge is 0.229 e. The van der Waals surface area contributed by atoms with Crippen molar-refractivity contribution >= 4 is 11.6 Å². The van der Waals surface area contributed by atoms with Crippen molar-refractivity contribution in [3.63, 3.8) is 0 Å². The molecular weight excluding hydrogens is 226 g/mol. The molecule has 1 aromatic rings. The molecule has 0 saturated heterocycles. The Labute approximate surface area is 110 Å². The maximum absolute atomic E-state index is 11.9. The zero-order valence-corrected chi connectivity index (χ0v) is 11.9. The van der Waals surface area contributed by atoms with Crippen LogP contribution in [0.3, 0.4) is 0 Å². The lowest BCUT2D eigenvalue weighted by atomic mass is 9.95. The van der Waals surface area contributed by atoms with Gasteiger partial charge in [-0.3, -0.25) is 4.79 Å². The van der Waals surface area contributed by atoms with Crippen molar-refractivity contribution in [2.75, 3.05) is 11.9 Å². The van der Waals surface area contributed by atoms with Gasteiger partial charge >= 0.3 is 0 Å². The molecule has 0 unspecified atom stereocenters. The van der Waals surface area contributed by atoms with Gasteiger partial charge < -0.3 is 10.1 Å². The summed E-state index contributed by atoms with van der Waals surface area (Å²) in [6.07, 6.45) is 0. The summed E-state index contributed by atoms with van der Waals surface area (Å²) in [6, 6.07) is 7.50. The summed E-state index contributed by atoms with van der Waals surface area (Å²) in [5.74, 6) is 1.27. The summed E-state index contributed by atoms with van der Waals surface area (Å²) in [6.45, 7) is 10.6. The first kappa shape index (κ1) is 14.6. The van der Waals surface area contributed by atoms with Gasteiger partial charge in [-0.25, -0.2) is 0 Å². The number of ether oxygens (including phenoxy) is 1. The molecule has 1 aromatic carbocycles. The molecule has 0 fully saturated rings. The fourth-order valence-corrected chi connectivity index (χ4v) is 1.25. The number of hydrogen-bond donors (Lipinski definition) is 1. The number of amides is 1. The van der Waals surface area contributed by atoms with E-state index in [2.05, 4.69) is 19.2 Å². The summed E-state index contributed by atoms with van der Waals surface area (Å²) in [4.78, 5) is 11.9. The number of carbonyl (C=O) groups excluding carboxylic acids is 1. The number of hydrogen-bond acceptors (Lipinski definition) is 2. The predicted molar refractivity (Wildman–Crippen MR) is 74.9 cm³/mol. The lowest BCUT2D eigenvalue weighted by Gasteiger charge is -2.18. The molecule has 0 aromatic heterocycles. The highest BCUT2D eigenvalue weighted by molar-refractivity contribution is 5.94. The van der Waals surface area contributed by atoms with Gasteiger partial charge in [0.15, 0.2) is 0 Å². The van der Waals surface area contributed by atoms with E-state index in [4.69, 9.17) is 4.74 Å². The highest BCUT2D eigenvalue weighted by Gasteiger charge is 2.21. The summed E-state index contributed by atoms with van der Waals surface area (Å²) in [5, 5.41) is 2.89. The first-order chi connectivity index (χ1) is 8.29. The third-order valence-electron chi connectivity index (χ3n) is 2.36. The molecule has 0 aliphatic rings. The molecule has 1 rings (SSSR count). The average molecular weight is 249 g/mol. The highest BCUT2D eigenvalue weighted by atomic mass is 16.5. The van der Waals surface area contributed by atoms with E-state index in [0.717, 1.165) is 11.4 Å². The van der Waals surface area contributed by atoms with Gasteiger partial charge in [-0.1, -0.05) is 40.7 Å². The first-order valence-electron chi connectivity index (χ1n) is 6.33. The van der Waals surface area contributed by atoms with Crippen LogP contribution in [-0.2, 0) is 4.79 Å². The zero-order chi connectivity index (χ0) is 13.8. The lowest BCUT2D eigenvalue weighted by Crippen LogP contribution is -2.27. The van der Waals surface area contributed by atoms with E-state index < -0.39 is 5.41 Å². The second-order valence-corrected chi connectivity index (χ2v) is 5.94. The van der Waals surface area contributed by atoms with Crippen LogP contribution in [0.15, 0.2) is 24.3 Å². The molecule has 0 spiro atoms. The van der Waals surface area contributed by atoms with Crippen molar-refractivity contribution in [2.24, 2.45) is 11.3 Å². The second-order valence-electron chi connectivity index (χ2n) is 5.94. The Hall–Kier alpha value is -1.51. The molecule has 3 nitrogen and oxygen atoms in total. The van der Waals surface area contributed by atoms with Crippen LogP contribution in [0.2, 0.25) is 0 Å². The molecule has 0 atom stereocenters. The highest BCUT2D eigenvalue weighted by Crippen LogP contribution is 2.21. The largest absolute Gasteiger partial charge is 0.493 e. The van der Waals surface area contributed by atoms with Crippen LogP contribution in [0.1, 0.15) is 34.6 Å². The molecular formula is C15H23NO2. The maximum Gasteiger partial charge on any atom is 0.229 e. The molecule has 3 heteroatoms. The molecule has 0 heterocycles. The van der Waals surface area contributed by atoms with Crippen LogP contribution in [0.4, 0.5) is 5.69 Å². The van der Waals surface area contributed by atoms with E-state index in [1.54, 1.807) is 0 Å². The van der Waals surface area contributed by atoms with Crippen LogP contribution in [0.25, 0.3) is 0 Å². The van der Waals surface area contributed by atoms with E-state index in [1.807, 2.05) is 45.0 Å². The van der Waals surface area contributed by atoms with Gasteiger partial charge in [0.1, 0.15) is 5.75 Å². The Morgan fingerprint density at radius 3 is 2.56 bits per heavy atom. The zero-order valence-electron chi connectivity index (χ0n) is 11.9. The summed E-state index contributed by atoms with van der Waals surface area (Å²) < 4.78 is 5.62. The Balaban J connectivity index is 2.68. The average Bonchev–Trinajstić information content (AvgIpc) is 2.25. The minimum Gasteiger partial charge on any atom is -0.493 e. The minimum atomic E-state index is -0.394. The van der Waals surface area contributed by atoms with Gasteiger partial charge in [0.05, 0.1) is 6.61 Å². The van der Waals surface area contributed by atoms with E-state index >= 15 is 0 Å². The number of benzene rings is 1. The van der Waals surface area contributed by atoms with Crippen molar-refractivity contribution in [3.8, 4) is 5.75 Å². The SMILES string of the molecule is CC(C)COc1cccc(NC(=O)C(C)(C)C)c1. The van der Waals surface area contributed by atoms with Crippen molar-refractivity contribution in [2.45, 2.75) is 34.6 Å². The summed E-state index contributed by atoms with van der Waals surface area (Å²) in [5.41, 5.74) is 0.380. The fourth-order valence-electron chi connectivity index (χ4n) is 1.25. The number of anilines is 1. The molecule has 0 aliphatic carbocycles. The molecule has 1 amide bonds. The second kappa shape index (κ2) is 5.89. The van der Waals surface area contributed by atoms with Gasteiger partial charge in [0.25, 0.3) is 0 Å². The van der Waals surface area contributed by atoms with Crippen LogP contribution in [-0.4, -0.2) is 12.5 Å². The normalized spacial score (nSPS) is 11.4. The van der Waals surface area contributed by atoms with Crippen LogP contribution in [0, 0.1) is 11.3 Å². The van der Waals surface area contributed by atoms with Crippen molar-refractivity contribution < 1.29 is 9.53 Å². The van der Waals surface area contributed by atoms with Gasteiger partial charge in [0, 0.05) is 17.2 Å². The molecule has 0 aliphatic heterocycles. The van der Waals surface area contributed by atoms with E-state index in [9.17, 15) is 4.79 Å². The molecule has 18 heavy (non-hydrogen) atoms. The molecule has 0 saturated carbocycles. The quantitative estimate of drug-likeness (QED) is 0.883. The molecule has 100 valence electrons. The maximum atomic E-state index is 11.9. The first-order valence-corrected chi connectivity index (χ1v) is 6.33. The van der Waals surface area contributed by atoms with Gasteiger partial charge in [-0.15, -0.1) is 0 Å². The Morgan fingerprint density at radius 2 is 2.00 bits per heavy atom. The number of carbonyl (C=O) groups is 1. The molecule has 1 N–H and O–H groups in total. The van der Waals surface area contributed by atoms with E-state index in [-0.39, 0.29) is 5.91 Å². The third-order valence-corrected chi connectivity index (χ3v) is 2.36. The van der Waals surface area contributed by atoms with Crippen LogP contribution < -0.4 is 10.1 Å². The standard InChI is InChI=1S/C15H23NO2/c1-11(2)10-18-13-8-6-7-12(9-13)16-14(17)15(3,4)5/h6-9,11H,10H2,1-5H3,(H,16,17). The molecule has 0 radical (unpaired) electrons. The summed E-state index contributed by atoms with van der Waals surface area (Å²) in [7, 11) is 0. The lowest BCUT2D eigenvalue weighted by molar-refractivity contribution is -0.123. The topological polar surface area (TPSA) is 38.3 Å². The Kier molecular flexibility index (Phi) is 4.76. The van der Waals surface area contributed by atoms with Gasteiger partial charge in [-0.05, 0) is 18.1 Å². The Bertz CT molecular complexity index is 405. The summed E-state index contributed by atoms with van der Waals surface area (Å²) >= 11 is 0. The van der Waals surface area contributed by atoms with Crippen LogP contribution >= 0.6 is 0 Å². The van der Waals surface area contributed by atoms with Gasteiger partial charge in [-0.2, -0.15) is 0 Å². The third kappa shape index (κ3) is 4.78. The van der Waals surface area contributed by atoms with Crippen molar-refractivity contribution in [3.05, 3.63) is 24.3 Å². The van der Waals surface area contributed by atoms with E-state index in [1.165, 1.54) is 0 Å². The van der Waals surface area contributed by atoms with Gasteiger partial charge in [0.2, 0.25) is 5.91 Å². The number of rotatable bonds is 4. The number of nitrogens with one attached hydrogen (secondary N) is 1. The van der Waals surface area contributed by atoms with E-state index in [0.29, 0.717) is 12.5 Å².